The number of nitrogens with zero attached hydrogens (tertiary/aromatic N) is 2. The number of carbonyl (C=O) groups excluding carboxylic acids is 1. The molecule has 0 aliphatic heterocycles. The van der Waals surface area contributed by atoms with Crippen LogP contribution in [0.5, 0.6) is 0 Å². The average Bonchev–Trinajstić information content (AvgIpc) is 3.09. The van der Waals surface area contributed by atoms with Gasteiger partial charge in [-0.25, -0.2) is 9.37 Å². The number of hydrogen-bond acceptors (Lipinski definition) is 2. The first-order valence-corrected chi connectivity index (χ1v) is 7.34. The first kappa shape index (κ1) is 15.0. The Morgan fingerprint density at radius 3 is 2.61 bits per heavy atom. The van der Waals surface area contributed by atoms with Gasteiger partial charge in [-0.1, -0.05) is 18.2 Å². The fourth-order valence-corrected chi connectivity index (χ4v) is 2.30. The number of nitrogens with one attached hydrogen (secondary N) is 1. The van der Waals surface area contributed by atoms with Crippen LogP contribution in [-0.4, -0.2) is 15.5 Å². The summed E-state index contributed by atoms with van der Waals surface area (Å²) in [5, 5.41) is 2.82. The predicted octanol–water partition coefficient (Wildman–Crippen LogP) is 3.58. The van der Waals surface area contributed by atoms with Gasteiger partial charge in [0.25, 0.3) is 0 Å². The normalized spacial score (nSPS) is 10.5. The molecule has 0 aliphatic carbocycles. The maximum Gasteiger partial charge on any atom is 0.224 e. The fraction of sp³-hybridized carbons (Fsp3) is 0.111. The summed E-state index contributed by atoms with van der Waals surface area (Å²) in [6.07, 6.45) is 5.89. The van der Waals surface area contributed by atoms with Crippen molar-refractivity contribution in [1.82, 2.24) is 9.55 Å². The molecule has 0 saturated heterocycles. The van der Waals surface area contributed by atoms with Gasteiger partial charge >= 0.3 is 0 Å². The van der Waals surface area contributed by atoms with Crippen molar-refractivity contribution in [1.29, 1.82) is 0 Å². The van der Waals surface area contributed by atoms with Crippen LogP contribution in [-0.2, 0) is 11.2 Å². The van der Waals surface area contributed by atoms with E-state index in [4.69, 9.17) is 0 Å². The lowest BCUT2D eigenvalue weighted by molar-refractivity contribution is -0.116. The zero-order valence-corrected chi connectivity index (χ0v) is 12.4. The highest BCUT2D eigenvalue weighted by molar-refractivity contribution is 5.90. The van der Waals surface area contributed by atoms with E-state index in [1.54, 1.807) is 30.7 Å². The van der Waals surface area contributed by atoms with E-state index in [1.807, 2.05) is 35.0 Å². The molecular formula is C18H16FN3O. The molecule has 4 nitrogen and oxygen atoms in total. The van der Waals surface area contributed by atoms with Gasteiger partial charge in [0.1, 0.15) is 5.82 Å². The second-order valence-electron chi connectivity index (χ2n) is 5.16. The molecule has 23 heavy (non-hydrogen) atoms. The molecular weight excluding hydrogens is 293 g/mol. The quantitative estimate of drug-likeness (QED) is 0.783. The monoisotopic (exact) mass is 309 g/mol. The number of amides is 1. The highest BCUT2D eigenvalue weighted by Crippen LogP contribution is 2.14. The molecule has 0 radical (unpaired) electrons. The third-order valence-electron chi connectivity index (χ3n) is 3.53. The predicted molar refractivity (Wildman–Crippen MR) is 86.9 cm³/mol. The molecule has 0 fully saturated rings. The van der Waals surface area contributed by atoms with Gasteiger partial charge in [0.2, 0.25) is 5.91 Å². The maximum absolute atomic E-state index is 13.5. The molecule has 1 aromatic heterocycles. The molecule has 0 spiro atoms. The topological polar surface area (TPSA) is 46.9 Å². The summed E-state index contributed by atoms with van der Waals surface area (Å²) in [5.41, 5.74) is 2.23. The first-order valence-electron chi connectivity index (χ1n) is 7.34. The number of imidazole rings is 1. The Labute approximate surface area is 133 Å². The van der Waals surface area contributed by atoms with Crippen molar-refractivity contribution in [2.75, 3.05) is 5.32 Å². The van der Waals surface area contributed by atoms with Crippen molar-refractivity contribution in [2.24, 2.45) is 0 Å². The summed E-state index contributed by atoms with van der Waals surface area (Å²) >= 11 is 0. The molecule has 1 N–H and O–H groups in total. The number of rotatable bonds is 5. The summed E-state index contributed by atoms with van der Waals surface area (Å²) in [5.74, 6) is -0.409. The Morgan fingerprint density at radius 2 is 1.91 bits per heavy atom. The summed E-state index contributed by atoms with van der Waals surface area (Å²) in [6.45, 7) is 0. The van der Waals surface area contributed by atoms with Crippen LogP contribution < -0.4 is 5.32 Å². The molecule has 0 aliphatic rings. The minimum absolute atomic E-state index is 0.136. The molecule has 5 heteroatoms. The van der Waals surface area contributed by atoms with Crippen LogP contribution in [0.1, 0.15) is 12.0 Å². The average molecular weight is 309 g/mol. The Kier molecular flexibility index (Phi) is 4.47. The highest BCUT2D eigenvalue weighted by Gasteiger charge is 2.06. The standard InChI is InChI=1S/C18H16FN3O/c19-17-4-2-1-3-14(17)5-10-18(23)21-15-6-8-16(9-7-15)22-12-11-20-13-22/h1-4,6-9,11-13H,5,10H2,(H,21,23). The molecule has 2 aromatic carbocycles. The third-order valence-corrected chi connectivity index (χ3v) is 3.53. The first-order chi connectivity index (χ1) is 11.2. The zero-order chi connectivity index (χ0) is 16.1. The lowest BCUT2D eigenvalue weighted by Crippen LogP contribution is -2.12. The van der Waals surface area contributed by atoms with Gasteiger partial charge in [0, 0.05) is 30.2 Å². The van der Waals surface area contributed by atoms with Gasteiger partial charge in [0.15, 0.2) is 0 Å². The second kappa shape index (κ2) is 6.87. The molecule has 0 bridgehead atoms. The van der Waals surface area contributed by atoms with Gasteiger partial charge in [-0.05, 0) is 42.3 Å². The number of carbonyl (C=O) groups is 1. The van der Waals surface area contributed by atoms with Crippen LogP contribution in [0, 0.1) is 5.82 Å². The van der Waals surface area contributed by atoms with Gasteiger partial charge in [-0.3, -0.25) is 4.79 Å². The van der Waals surface area contributed by atoms with Gasteiger partial charge in [0.05, 0.1) is 6.33 Å². The Hall–Kier alpha value is -2.95. The van der Waals surface area contributed by atoms with Gasteiger partial charge < -0.3 is 9.88 Å². The SMILES string of the molecule is O=C(CCc1ccccc1F)Nc1ccc(-n2ccnc2)cc1. The van der Waals surface area contributed by atoms with Crippen LogP contribution in [0.15, 0.2) is 67.3 Å². The number of anilines is 1. The molecule has 0 atom stereocenters. The van der Waals surface area contributed by atoms with Crippen LogP contribution in [0.25, 0.3) is 5.69 Å². The van der Waals surface area contributed by atoms with Crippen molar-refractivity contribution >= 4 is 11.6 Å². The van der Waals surface area contributed by atoms with E-state index in [0.717, 1.165) is 5.69 Å². The van der Waals surface area contributed by atoms with Crippen LogP contribution in [0.2, 0.25) is 0 Å². The van der Waals surface area contributed by atoms with E-state index >= 15 is 0 Å². The number of benzene rings is 2. The van der Waals surface area contributed by atoms with Crippen molar-refractivity contribution in [3.63, 3.8) is 0 Å². The largest absolute Gasteiger partial charge is 0.326 e. The lowest BCUT2D eigenvalue weighted by atomic mass is 10.1. The minimum atomic E-state index is -0.273. The summed E-state index contributed by atoms with van der Waals surface area (Å²) in [4.78, 5) is 16.0. The summed E-state index contributed by atoms with van der Waals surface area (Å²) < 4.78 is 15.4. The zero-order valence-electron chi connectivity index (χ0n) is 12.4. The van der Waals surface area contributed by atoms with Crippen molar-refractivity contribution in [3.05, 3.63) is 78.6 Å². The maximum atomic E-state index is 13.5. The van der Waals surface area contributed by atoms with E-state index < -0.39 is 0 Å². The molecule has 0 saturated carbocycles. The van der Waals surface area contributed by atoms with E-state index in [-0.39, 0.29) is 18.1 Å². The minimum Gasteiger partial charge on any atom is -0.326 e. The second-order valence-corrected chi connectivity index (χ2v) is 5.16. The van der Waals surface area contributed by atoms with Crippen molar-refractivity contribution < 1.29 is 9.18 Å². The van der Waals surface area contributed by atoms with E-state index in [9.17, 15) is 9.18 Å². The summed E-state index contributed by atoms with van der Waals surface area (Å²) in [7, 11) is 0. The van der Waals surface area contributed by atoms with Gasteiger partial charge in [-0.2, -0.15) is 0 Å². The Morgan fingerprint density at radius 1 is 1.13 bits per heavy atom. The number of aromatic nitrogens is 2. The van der Waals surface area contributed by atoms with Crippen molar-refractivity contribution in [3.8, 4) is 5.69 Å². The van der Waals surface area contributed by atoms with Crippen LogP contribution in [0.4, 0.5) is 10.1 Å². The number of halogens is 1. The van der Waals surface area contributed by atoms with Crippen molar-refractivity contribution in [2.45, 2.75) is 12.8 Å². The van der Waals surface area contributed by atoms with E-state index in [0.29, 0.717) is 17.7 Å². The Bertz CT molecular complexity index is 782. The fourth-order valence-electron chi connectivity index (χ4n) is 2.30. The molecule has 3 aromatic rings. The smallest absolute Gasteiger partial charge is 0.224 e. The van der Waals surface area contributed by atoms with E-state index in [1.165, 1.54) is 6.07 Å². The number of hydrogen-bond donors (Lipinski definition) is 1. The molecule has 1 amide bonds. The molecule has 0 unspecified atom stereocenters. The lowest BCUT2D eigenvalue weighted by Gasteiger charge is -2.07. The van der Waals surface area contributed by atoms with Gasteiger partial charge in [-0.15, -0.1) is 0 Å². The third kappa shape index (κ3) is 3.83. The summed E-state index contributed by atoms with van der Waals surface area (Å²) in [6, 6.07) is 14.0. The van der Waals surface area contributed by atoms with Crippen LogP contribution >= 0.6 is 0 Å². The molecule has 1 heterocycles. The number of aryl methyl sites for hydroxylation is 1. The molecule has 3 rings (SSSR count). The van der Waals surface area contributed by atoms with E-state index in [2.05, 4.69) is 10.3 Å². The molecule has 116 valence electrons. The highest BCUT2D eigenvalue weighted by atomic mass is 19.1. The van der Waals surface area contributed by atoms with Crippen LogP contribution in [0.3, 0.4) is 0 Å². The Balaban J connectivity index is 1.57.